The lowest BCUT2D eigenvalue weighted by atomic mass is 9.84. The van der Waals surface area contributed by atoms with Crippen molar-refractivity contribution in [2.24, 2.45) is 0 Å². The van der Waals surface area contributed by atoms with Crippen LogP contribution in [0.25, 0.3) is 219 Å². The molecule has 0 radical (unpaired) electrons. The first-order valence-electron chi connectivity index (χ1n) is 37.3. The number of hydrogen-bond donors (Lipinski definition) is 0. The van der Waals surface area contributed by atoms with Crippen LogP contribution in [0.15, 0.2) is 414 Å². The SMILES string of the molecule is c1ccc(-c2c3ccccc3c(-c3ccc4oc5ccccc5c4c3)c3ccccc23)cc1.c1ccc(-c2ccc(-c3c4ccccc4c(-c4ccc5oc6ccccc6c5c4)c4ccccc34)cc2)cc1.c1ccc2c(-c3c4ccccc4c(-c4ccc5oc6ccccc6c5c4)c4ccccc34)cccc2c1. The molecule has 23 rings (SSSR count). The summed E-state index contributed by atoms with van der Waals surface area (Å²) >= 11 is 0. The first-order valence-corrected chi connectivity index (χ1v) is 37.3. The van der Waals surface area contributed by atoms with Crippen molar-refractivity contribution in [3.63, 3.8) is 0 Å². The Hall–Kier alpha value is -14.4. The molecule has 109 heavy (non-hydrogen) atoms. The summed E-state index contributed by atoms with van der Waals surface area (Å²) in [7, 11) is 0. The van der Waals surface area contributed by atoms with Crippen molar-refractivity contribution in [2.45, 2.75) is 0 Å². The number of furan rings is 3. The first kappa shape index (κ1) is 63.1. The molecule has 0 atom stereocenters. The van der Waals surface area contributed by atoms with Crippen LogP contribution in [-0.4, -0.2) is 0 Å². The van der Waals surface area contributed by atoms with Gasteiger partial charge in [0.25, 0.3) is 0 Å². The Kier molecular flexibility index (Phi) is 15.3. The van der Waals surface area contributed by atoms with Crippen LogP contribution in [0.4, 0.5) is 0 Å². The molecule has 0 fully saturated rings. The van der Waals surface area contributed by atoms with Crippen LogP contribution in [0.5, 0.6) is 0 Å². The molecule has 508 valence electrons. The normalized spacial score (nSPS) is 11.7. The molecule has 0 unspecified atom stereocenters. The fraction of sp³-hybridized carbons (Fsp3) is 0. The number of fused-ring (bicyclic) bond motifs is 16. The minimum Gasteiger partial charge on any atom is -0.456 e. The van der Waals surface area contributed by atoms with Gasteiger partial charge in [0.15, 0.2) is 0 Å². The Morgan fingerprint density at radius 3 is 0.688 bits per heavy atom. The van der Waals surface area contributed by atoms with E-state index in [-0.39, 0.29) is 0 Å². The second-order valence-electron chi connectivity index (χ2n) is 28.3. The molecule has 0 amide bonds. The smallest absolute Gasteiger partial charge is 0.135 e. The minimum absolute atomic E-state index is 0.920. The highest BCUT2D eigenvalue weighted by molar-refractivity contribution is 6.26. The summed E-state index contributed by atoms with van der Waals surface area (Å²) in [5.74, 6) is 0. The second-order valence-corrected chi connectivity index (χ2v) is 28.3. The third-order valence-electron chi connectivity index (χ3n) is 22.2. The minimum atomic E-state index is 0.920. The fourth-order valence-electron chi connectivity index (χ4n) is 17.4. The number of rotatable bonds is 7. The van der Waals surface area contributed by atoms with Crippen molar-refractivity contribution in [1.29, 1.82) is 0 Å². The number of benzene rings is 20. The van der Waals surface area contributed by atoms with E-state index < -0.39 is 0 Å². The molecule has 0 aliphatic heterocycles. The van der Waals surface area contributed by atoms with Crippen molar-refractivity contribution in [1.82, 2.24) is 0 Å². The second kappa shape index (κ2) is 26.3. The third kappa shape index (κ3) is 10.7. The molecule has 3 aromatic heterocycles. The molecule has 0 N–H and O–H groups in total. The van der Waals surface area contributed by atoms with Gasteiger partial charge in [0.05, 0.1) is 0 Å². The predicted molar refractivity (Wildman–Crippen MR) is 462 cm³/mol. The monoisotopic (exact) mass is 1390 g/mol. The van der Waals surface area contributed by atoms with Crippen LogP contribution >= 0.6 is 0 Å². The molecule has 3 heterocycles. The van der Waals surface area contributed by atoms with Gasteiger partial charge in [0.2, 0.25) is 0 Å². The lowest BCUT2D eigenvalue weighted by Crippen LogP contribution is -1.91. The summed E-state index contributed by atoms with van der Waals surface area (Å²) in [6.45, 7) is 0. The molecule has 3 heteroatoms. The van der Waals surface area contributed by atoms with Gasteiger partial charge in [-0.3, -0.25) is 0 Å². The van der Waals surface area contributed by atoms with E-state index in [1.54, 1.807) is 0 Å². The highest BCUT2D eigenvalue weighted by Gasteiger charge is 2.23. The van der Waals surface area contributed by atoms with Gasteiger partial charge in [-0.15, -0.1) is 0 Å². The molecular weight excluding hydrogens is 1320 g/mol. The van der Waals surface area contributed by atoms with Gasteiger partial charge < -0.3 is 13.3 Å². The Morgan fingerprint density at radius 1 is 0.119 bits per heavy atom. The molecule has 23 aromatic rings. The Morgan fingerprint density at radius 2 is 0.339 bits per heavy atom. The Labute approximate surface area is 628 Å². The Bertz CT molecular complexity index is 7350. The van der Waals surface area contributed by atoms with Gasteiger partial charge in [-0.25, -0.2) is 0 Å². The summed E-state index contributed by atoms with van der Waals surface area (Å²) < 4.78 is 18.4. The standard InChI is InChI=1S/C38H24O.C36H22O.C32H20O/c1-2-10-25(11-3-1)26-18-20-27(21-19-26)37-30-13-4-6-15-32(30)38(33-16-7-5-14-31(33)37)28-22-23-36-34(24-28)29-12-8-9-17-35(29)39-36;1-2-12-25-23(10-1)11-9-18-27(25)36-30-16-5-3-14-28(30)35(29-15-4-6-17-31(29)36)24-20-21-34-32(22-24)26-13-7-8-19-33(26)37-34;1-2-10-21(11-3-1)31-24-13-4-6-15-26(24)32(27-16-7-5-14-25(27)31)22-18-19-30-28(20-22)23-12-8-9-17-29(23)33-30/h1-24H;1-22H;1-20H. The van der Waals surface area contributed by atoms with Gasteiger partial charge in [0.1, 0.15) is 33.5 Å². The molecule has 20 aromatic carbocycles. The highest BCUT2D eigenvalue weighted by atomic mass is 16.3. The number of hydrogen-bond acceptors (Lipinski definition) is 3. The summed E-state index contributed by atoms with van der Waals surface area (Å²) in [5.41, 5.74) is 23.0. The van der Waals surface area contributed by atoms with Gasteiger partial charge in [-0.2, -0.15) is 0 Å². The molecule has 0 bridgehead atoms. The van der Waals surface area contributed by atoms with Gasteiger partial charge >= 0.3 is 0 Å². The van der Waals surface area contributed by atoms with Crippen molar-refractivity contribution in [2.75, 3.05) is 0 Å². The van der Waals surface area contributed by atoms with E-state index in [0.29, 0.717) is 0 Å². The lowest BCUT2D eigenvalue weighted by Gasteiger charge is -2.18. The molecule has 0 aliphatic rings. The van der Waals surface area contributed by atoms with E-state index in [9.17, 15) is 0 Å². The average molecular weight is 1390 g/mol. The maximum absolute atomic E-state index is 6.14. The largest absolute Gasteiger partial charge is 0.456 e. The van der Waals surface area contributed by atoms with Crippen LogP contribution in [0, 0.1) is 0 Å². The maximum Gasteiger partial charge on any atom is 0.135 e. The van der Waals surface area contributed by atoms with Crippen LogP contribution in [0.3, 0.4) is 0 Å². The van der Waals surface area contributed by atoms with Crippen molar-refractivity contribution in [3.8, 4) is 77.9 Å². The zero-order chi connectivity index (χ0) is 71.9. The first-order chi connectivity index (χ1) is 54.1. The summed E-state index contributed by atoms with van der Waals surface area (Å²) in [5, 5.41) is 24.6. The van der Waals surface area contributed by atoms with Gasteiger partial charge in [-0.1, -0.05) is 346 Å². The van der Waals surface area contributed by atoms with E-state index in [1.807, 2.05) is 36.4 Å². The summed E-state index contributed by atoms with van der Waals surface area (Å²) in [4.78, 5) is 0. The van der Waals surface area contributed by atoms with Crippen LogP contribution < -0.4 is 0 Å². The maximum atomic E-state index is 6.14. The van der Waals surface area contributed by atoms with E-state index in [0.717, 1.165) is 65.8 Å². The Balaban J connectivity index is 0.000000104. The number of para-hydroxylation sites is 3. The molecule has 0 aliphatic carbocycles. The quantitative estimate of drug-likeness (QED) is 0.149. The third-order valence-corrected chi connectivity index (χ3v) is 22.2. The van der Waals surface area contributed by atoms with E-state index in [1.165, 1.54) is 153 Å². The lowest BCUT2D eigenvalue weighted by molar-refractivity contribution is 0.668. The van der Waals surface area contributed by atoms with E-state index >= 15 is 0 Å². The topological polar surface area (TPSA) is 39.4 Å². The van der Waals surface area contributed by atoms with Gasteiger partial charge in [-0.05, 0) is 208 Å². The predicted octanol–water partition coefficient (Wildman–Crippen LogP) is 30.5. The fourth-order valence-corrected chi connectivity index (χ4v) is 17.4. The molecule has 3 nitrogen and oxygen atoms in total. The van der Waals surface area contributed by atoms with Crippen LogP contribution in [-0.2, 0) is 0 Å². The summed E-state index contributed by atoms with van der Waals surface area (Å²) in [6, 6.07) is 143. The molecule has 0 spiro atoms. The van der Waals surface area contributed by atoms with Crippen molar-refractivity contribution >= 4 is 141 Å². The summed E-state index contributed by atoms with van der Waals surface area (Å²) in [6.07, 6.45) is 0. The molecule has 0 saturated heterocycles. The van der Waals surface area contributed by atoms with E-state index in [4.69, 9.17) is 13.3 Å². The molecular formula is C106H66O3. The zero-order valence-electron chi connectivity index (χ0n) is 59.3. The van der Waals surface area contributed by atoms with Crippen LogP contribution in [0.2, 0.25) is 0 Å². The van der Waals surface area contributed by atoms with Crippen molar-refractivity contribution in [3.05, 3.63) is 400 Å². The van der Waals surface area contributed by atoms with Gasteiger partial charge in [0, 0.05) is 32.3 Å². The highest BCUT2D eigenvalue weighted by Crippen LogP contribution is 2.50. The molecule has 0 saturated carbocycles. The average Bonchev–Trinajstić information content (AvgIpc) is 1.25. The van der Waals surface area contributed by atoms with Crippen molar-refractivity contribution < 1.29 is 13.3 Å². The van der Waals surface area contributed by atoms with E-state index in [2.05, 4.69) is 364 Å². The van der Waals surface area contributed by atoms with Crippen LogP contribution in [0.1, 0.15) is 0 Å². The zero-order valence-corrected chi connectivity index (χ0v) is 59.3.